The molecule has 0 radical (unpaired) electrons. The fourth-order valence-electron chi connectivity index (χ4n) is 4.15. The number of piperidine rings is 1. The summed E-state index contributed by atoms with van der Waals surface area (Å²) in [6.45, 7) is 7.35. The van der Waals surface area contributed by atoms with Gasteiger partial charge in [-0.1, -0.05) is 12.1 Å². The predicted octanol–water partition coefficient (Wildman–Crippen LogP) is 3.67. The van der Waals surface area contributed by atoms with E-state index in [2.05, 4.69) is 31.5 Å². The van der Waals surface area contributed by atoms with E-state index in [1.54, 1.807) is 23.5 Å². The molecule has 25 heavy (non-hydrogen) atoms. The van der Waals surface area contributed by atoms with Gasteiger partial charge in [-0.3, -0.25) is 9.80 Å². The van der Waals surface area contributed by atoms with Gasteiger partial charge in [0.05, 0.1) is 5.69 Å². The fraction of sp³-hybridized carbons (Fsp3) is 0.500. The van der Waals surface area contributed by atoms with Gasteiger partial charge in [-0.15, -0.1) is 0 Å². The van der Waals surface area contributed by atoms with E-state index in [9.17, 15) is 4.39 Å². The summed E-state index contributed by atoms with van der Waals surface area (Å²) in [5.41, 5.74) is 2.19. The second-order valence-electron chi connectivity index (χ2n) is 7.14. The Morgan fingerprint density at radius 2 is 1.88 bits per heavy atom. The maximum absolute atomic E-state index is 14.0. The largest absolute Gasteiger partial charge is 0.367 e. The van der Waals surface area contributed by atoms with Crippen molar-refractivity contribution < 1.29 is 4.39 Å². The van der Waals surface area contributed by atoms with Crippen molar-refractivity contribution >= 4 is 17.0 Å². The summed E-state index contributed by atoms with van der Waals surface area (Å²) in [5, 5.41) is 4.43. The number of thiophene rings is 1. The Hall–Kier alpha value is -1.43. The number of benzene rings is 1. The number of nitrogens with zero attached hydrogens (tertiary/aromatic N) is 3. The lowest BCUT2D eigenvalue weighted by Crippen LogP contribution is -2.55. The standard InChI is InChI=1S/C20H26FN3S/c21-19-5-1-2-6-20(19)24-11-9-23(10-12-24)18-4-3-8-22(15-18)14-17-7-13-25-16-17/h1-2,5-7,13,16,18H,3-4,8-12,14-15H2. The number of rotatable bonds is 4. The molecule has 3 nitrogen and oxygen atoms in total. The highest BCUT2D eigenvalue weighted by Gasteiger charge is 2.28. The molecule has 2 aliphatic heterocycles. The lowest BCUT2D eigenvalue weighted by Gasteiger charge is -2.44. The molecule has 2 saturated heterocycles. The SMILES string of the molecule is Fc1ccccc1N1CCN(C2CCCN(Cc3ccsc3)C2)CC1. The highest BCUT2D eigenvalue weighted by atomic mass is 32.1. The Bertz CT molecular complexity index is 667. The molecule has 2 fully saturated rings. The minimum Gasteiger partial charge on any atom is -0.367 e. The van der Waals surface area contributed by atoms with Crippen LogP contribution in [0.4, 0.5) is 10.1 Å². The van der Waals surface area contributed by atoms with Crippen LogP contribution in [0.1, 0.15) is 18.4 Å². The number of likely N-dealkylation sites (tertiary alicyclic amines) is 1. The molecule has 0 N–H and O–H groups in total. The summed E-state index contributed by atoms with van der Waals surface area (Å²) >= 11 is 1.78. The molecule has 3 heterocycles. The van der Waals surface area contributed by atoms with Gasteiger partial charge in [0, 0.05) is 45.3 Å². The van der Waals surface area contributed by atoms with Gasteiger partial charge in [0.15, 0.2) is 0 Å². The normalized spacial score (nSPS) is 23.1. The molecule has 1 aromatic heterocycles. The van der Waals surface area contributed by atoms with Crippen LogP contribution in [0.15, 0.2) is 41.1 Å². The van der Waals surface area contributed by atoms with Gasteiger partial charge >= 0.3 is 0 Å². The van der Waals surface area contributed by atoms with E-state index < -0.39 is 0 Å². The van der Waals surface area contributed by atoms with Gasteiger partial charge < -0.3 is 4.90 Å². The minimum atomic E-state index is -0.101. The summed E-state index contributed by atoms with van der Waals surface area (Å²) in [6.07, 6.45) is 2.57. The second kappa shape index (κ2) is 7.85. The molecule has 1 aromatic carbocycles. The third kappa shape index (κ3) is 4.05. The van der Waals surface area contributed by atoms with Crippen LogP contribution in [-0.2, 0) is 6.54 Å². The number of halogens is 1. The number of hydrogen-bond acceptors (Lipinski definition) is 4. The summed E-state index contributed by atoms with van der Waals surface area (Å²) in [7, 11) is 0. The number of anilines is 1. The fourth-order valence-corrected chi connectivity index (χ4v) is 4.81. The van der Waals surface area contributed by atoms with Crippen molar-refractivity contribution in [2.45, 2.75) is 25.4 Å². The Morgan fingerprint density at radius 1 is 1.04 bits per heavy atom. The van der Waals surface area contributed by atoms with Crippen molar-refractivity contribution in [3.8, 4) is 0 Å². The molecule has 5 heteroatoms. The van der Waals surface area contributed by atoms with E-state index in [-0.39, 0.29) is 5.82 Å². The number of para-hydroxylation sites is 1. The molecular weight excluding hydrogens is 333 g/mol. The maximum atomic E-state index is 14.0. The van der Waals surface area contributed by atoms with Crippen LogP contribution in [0.3, 0.4) is 0 Å². The Kier molecular flexibility index (Phi) is 5.34. The molecule has 4 rings (SSSR count). The highest BCUT2D eigenvalue weighted by Crippen LogP contribution is 2.23. The average Bonchev–Trinajstić information content (AvgIpc) is 3.16. The van der Waals surface area contributed by atoms with E-state index in [0.29, 0.717) is 6.04 Å². The van der Waals surface area contributed by atoms with Gasteiger partial charge in [-0.2, -0.15) is 11.3 Å². The van der Waals surface area contributed by atoms with Gasteiger partial charge in [-0.25, -0.2) is 4.39 Å². The first-order chi connectivity index (χ1) is 12.3. The quantitative estimate of drug-likeness (QED) is 0.825. The zero-order valence-electron chi connectivity index (χ0n) is 14.6. The Labute approximate surface area is 153 Å². The minimum absolute atomic E-state index is 0.101. The molecule has 134 valence electrons. The van der Waals surface area contributed by atoms with E-state index in [1.807, 2.05) is 12.1 Å². The Balaban J connectivity index is 1.32. The molecule has 2 aliphatic rings. The summed E-state index contributed by atoms with van der Waals surface area (Å²) in [5.74, 6) is -0.101. The first-order valence-electron chi connectivity index (χ1n) is 9.26. The van der Waals surface area contributed by atoms with Crippen LogP contribution in [-0.4, -0.2) is 55.1 Å². The van der Waals surface area contributed by atoms with Crippen LogP contribution >= 0.6 is 11.3 Å². The summed E-state index contributed by atoms with van der Waals surface area (Å²) < 4.78 is 14.0. The summed E-state index contributed by atoms with van der Waals surface area (Å²) in [6, 6.07) is 10.0. The average molecular weight is 360 g/mol. The van der Waals surface area contributed by atoms with Gasteiger partial charge in [0.25, 0.3) is 0 Å². The van der Waals surface area contributed by atoms with Crippen LogP contribution in [0.2, 0.25) is 0 Å². The zero-order chi connectivity index (χ0) is 17.1. The molecule has 0 aliphatic carbocycles. The monoisotopic (exact) mass is 359 g/mol. The molecular formula is C20H26FN3S. The van der Waals surface area contributed by atoms with Crippen molar-refractivity contribution in [3.05, 3.63) is 52.5 Å². The second-order valence-corrected chi connectivity index (χ2v) is 7.92. The first kappa shape index (κ1) is 17.0. The highest BCUT2D eigenvalue weighted by molar-refractivity contribution is 7.07. The molecule has 2 aromatic rings. The van der Waals surface area contributed by atoms with Crippen LogP contribution in [0.25, 0.3) is 0 Å². The first-order valence-corrected chi connectivity index (χ1v) is 10.2. The van der Waals surface area contributed by atoms with Crippen LogP contribution < -0.4 is 4.90 Å². The van der Waals surface area contributed by atoms with Crippen LogP contribution in [0.5, 0.6) is 0 Å². The van der Waals surface area contributed by atoms with Gasteiger partial charge in [0.1, 0.15) is 5.82 Å². The third-order valence-corrected chi connectivity index (χ3v) is 6.22. The molecule has 0 spiro atoms. The number of piperazine rings is 1. The van der Waals surface area contributed by atoms with Crippen molar-refractivity contribution in [2.75, 3.05) is 44.2 Å². The maximum Gasteiger partial charge on any atom is 0.146 e. The van der Waals surface area contributed by atoms with E-state index in [0.717, 1.165) is 45.0 Å². The van der Waals surface area contributed by atoms with Gasteiger partial charge in [0.2, 0.25) is 0 Å². The smallest absolute Gasteiger partial charge is 0.146 e. The van der Waals surface area contributed by atoms with Crippen LogP contribution in [0, 0.1) is 5.82 Å². The molecule has 0 bridgehead atoms. The molecule has 1 atom stereocenters. The lowest BCUT2D eigenvalue weighted by molar-refractivity contribution is 0.0887. The van der Waals surface area contributed by atoms with E-state index in [1.165, 1.54) is 24.9 Å². The molecule has 0 saturated carbocycles. The van der Waals surface area contributed by atoms with E-state index >= 15 is 0 Å². The topological polar surface area (TPSA) is 9.72 Å². The van der Waals surface area contributed by atoms with Crippen molar-refractivity contribution in [3.63, 3.8) is 0 Å². The summed E-state index contributed by atoms with van der Waals surface area (Å²) in [4.78, 5) is 7.41. The third-order valence-electron chi connectivity index (χ3n) is 5.49. The van der Waals surface area contributed by atoms with Crippen molar-refractivity contribution in [1.82, 2.24) is 9.80 Å². The number of hydrogen-bond donors (Lipinski definition) is 0. The lowest BCUT2D eigenvalue weighted by atomic mass is 10.0. The van der Waals surface area contributed by atoms with Gasteiger partial charge in [-0.05, 0) is 53.9 Å². The predicted molar refractivity (Wildman–Crippen MR) is 103 cm³/mol. The zero-order valence-corrected chi connectivity index (χ0v) is 15.4. The Morgan fingerprint density at radius 3 is 2.64 bits per heavy atom. The van der Waals surface area contributed by atoms with E-state index in [4.69, 9.17) is 0 Å². The van der Waals surface area contributed by atoms with Crippen molar-refractivity contribution in [1.29, 1.82) is 0 Å². The molecule has 1 unspecified atom stereocenters. The molecule has 0 amide bonds. The van der Waals surface area contributed by atoms with Crippen molar-refractivity contribution in [2.24, 2.45) is 0 Å².